The SMILES string of the molecule is CC(=NOCC1CC1)c1ccc2nnc(C(C)c3c(F)cc4ncccc4c3F)n2n1. The molecule has 0 aliphatic heterocycles. The van der Waals surface area contributed by atoms with Crippen LogP contribution >= 0.6 is 0 Å². The Morgan fingerprint density at radius 3 is 2.90 bits per heavy atom. The van der Waals surface area contributed by atoms with E-state index in [2.05, 4.69) is 25.4 Å². The van der Waals surface area contributed by atoms with E-state index in [0.717, 1.165) is 0 Å². The Morgan fingerprint density at radius 1 is 1.26 bits per heavy atom. The normalized spacial score (nSPS) is 15.5. The summed E-state index contributed by atoms with van der Waals surface area (Å²) in [4.78, 5) is 9.42. The van der Waals surface area contributed by atoms with Crippen molar-refractivity contribution in [3.8, 4) is 0 Å². The van der Waals surface area contributed by atoms with Gasteiger partial charge in [0.2, 0.25) is 0 Å². The fourth-order valence-electron chi connectivity index (χ4n) is 3.53. The average molecular weight is 422 g/mol. The molecule has 4 aromatic rings. The lowest BCUT2D eigenvalue weighted by Gasteiger charge is -2.14. The molecule has 1 aromatic carbocycles. The van der Waals surface area contributed by atoms with Gasteiger partial charge in [0.05, 0.1) is 5.52 Å². The molecule has 0 N–H and O–H groups in total. The number of benzene rings is 1. The minimum atomic E-state index is -0.731. The van der Waals surface area contributed by atoms with E-state index >= 15 is 4.39 Å². The second-order valence-corrected chi connectivity index (χ2v) is 7.84. The van der Waals surface area contributed by atoms with Gasteiger partial charge in [-0.25, -0.2) is 8.78 Å². The lowest BCUT2D eigenvalue weighted by atomic mass is 9.97. The minimum Gasteiger partial charge on any atom is -0.395 e. The van der Waals surface area contributed by atoms with Crippen LogP contribution in [0.1, 0.15) is 49.7 Å². The van der Waals surface area contributed by atoms with E-state index in [1.54, 1.807) is 38.1 Å². The van der Waals surface area contributed by atoms with Crippen molar-refractivity contribution < 1.29 is 13.6 Å². The maximum absolute atomic E-state index is 15.2. The van der Waals surface area contributed by atoms with Crippen LogP contribution in [0.3, 0.4) is 0 Å². The molecule has 158 valence electrons. The first-order valence-corrected chi connectivity index (χ1v) is 10.1. The maximum atomic E-state index is 15.2. The molecule has 1 aliphatic rings. The largest absolute Gasteiger partial charge is 0.395 e. The molecule has 1 unspecified atom stereocenters. The lowest BCUT2D eigenvalue weighted by Crippen LogP contribution is -2.11. The van der Waals surface area contributed by atoms with Crippen molar-refractivity contribution in [2.45, 2.75) is 32.6 Å². The van der Waals surface area contributed by atoms with Crippen molar-refractivity contribution in [2.75, 3.05) is 6.61 Å². The molecular formula is C22H20F2N6O. The van der Waals surface area contributed by atoms with Crippen LogP contribution in [0.15, 0.2) is 41.7 Å². The van der Waals surface area contributed by atoms with E-state index in [0.29, 0.717) is 35.4 Å². The predicted molar refractivity (Wildman–Crippen MR) is 111 cm³/mol. The predicted octanol–water partition coefficient (Wildman–Crippen LogP) is 4.25. The summed E-state index contributed by atoms with van der Waals surface area (Å²) in [5, 5.41) is 17.2. The molecule has 1 saturated carbocycles. The highest BCUT2D eigenvalue weighted by Crippen LogP contribution is 2.32. The number of oxime groups is 1. The van der Waals surface area contributed by atoms with E-state index in [4.69, 9.17) is 4.84 Å². The van der Waals surface area contributed by atoms with Gasteiger partial charge in [0.15, 0.2) is 11.5 Å². The highest BCUT2D eigenvalue weighted by Gasteiger charge is 2.25. The number of nitrogens with zero attached hydrogens (tertiary/aromatic N) is 6. The van der Waals surface area contributed by atoms with Crippen molar-refractivity contribution in [1.82, 2.24) is 24.8 Å². The maximum Gasteiger partial charge on any atom is 0.177 e. The fraction of sp³-hybridized carbons (Fsp3) is 0.318. The quantitative estimate of drug-likeness (QED) is 0.343. The second-order valence-electron chi connectivity index (χ2n) is 7.84. The smallest absolute Gasteiger partial charge is 0.177 e. The Balaban J connectivity index is 1.53. The molecule has 3 heterocycles. The topological polar surface area (TPSA) is 77.6 Å². The molecule has 0 radical (unpaired) electrons. The zero-order valence-electron chi connectivity index (χ0n) is 17.1. The fourth-order valence-corrected chi connectivity index (χ4v) is 3.53. The molecule has 31 heavy (non-hydrogen) atoms. The van der Waals surface area contributed by atoms with Gasteiger partial charge in [-0.1, -0.05) is 12.1 Å². The Bertz CT molecular complexity index is 1310. The summed E-state index contributed by atoms with van der Waals surface area (Å²) in [6.45, 7) is 4.07. The van der Waals surface area contributed by atoms with Crippen LogP contribution in [0.2, 0.25) is 0 Å². The van der Waals surface area contributed by atoms with Gasteiger partial charge in [-0.2, -0.15) is 9.61 Å². The summed E-state index contributed by atoms with van der Waals surface area (Å²) in [5.74, 6) is -1.15. The summed E-state index contributed by atoms with van der Waals surface area (Å²) < 4.78 is 31.5. The number of halogens is 2. The van der Waals surface area contributed by atoms with Gasteiger partial charge < -0.3 is 4.84 Å². The Kier molecular flexibility index (Phi) is 4.80. The monoisotopic (exact) mass is 422 g/mol. The van der Waals surface area contributed by atoms with Crippen LogP contribution in [-0.2, 0) is 4.84 Å². The van der Waals surface area contributed by atoms with E-state index in [9.17, 15) is 4.39 Å². The van der Waals surface area contributed by atoms with Crippen molar-refractivity contribution in [3.63, 3.8) is 0 Å². The van der Waals surface area contributed by atoms with Gasteiger partial charge >= 0.3 is 0 Å². The Labute approximate surface area is 176 Å². The molecule has 0 saturated heterocycles. The number of hydrogen-bond acceptors (Lipinski definition) is 6. The van der Waals surface area contributed by atoms with Gasteiger partial charge in [-0.3, -0.25) is 4.98 Å². The van der Waals surface area contributed by atoms with Gasteiger partial charge in [-0.05, 0) is 49.9 Å². The van der Waals surface area contributed by atoms with Crippen LogP contribution in [0.25, 0.3) is 16.6 Å². The molecular weight excluding hydrogens is 402 g/mol. The summed E-state index contributed by atoms with van der Waals surface area (Å²) in [5.41, 5.74) is 1.81. The van der Waals surface area contributed by atoms with E-state index in [1.165, 1.54) is 29.6 Å². The Morgan fingerprint density at radius 2 is 2.10 bits per heavy atom. The van der Waals surface area contributed by atoms with Crippen LogP contribution < -0.4 is 0 Å². The molecule has 1 atom stereocenters. The van der Waals surface area contributed by atoms with Crippen LogP contribution in [-0.4, -0.2) is 37.1 Å². The number of aromatic nitrogens is 5. The first-order valence-electron chi connectivity index (χ1n) is 10.1. The van der Waals surface area contributed by atoms with Crippen molar-refractivity contribution >= 4 is 22.3 Å². The molecule has 7 nitrogen and oxygen atoms in total. The van der Waals surface area contributed by atoms with Gasteiger partial charge in [0.1, 0.15) is 29.6 Å². The van der Waals surface area contributed by atoms with Gasteiger partial charge in [0.25, 0.3) is 0 Å². The standard InChI is InChI=1S/C22H20F2N6O/c1-12(20-16(23)10-18-15(21(20)24)4-3-9-25-18)22-27-26-19-8-7-17(28-30(19)22)13(2)29-31-11-14-5-6-14/h3-4,7-10,12,14H,5-6,11H2,1-2H3. The highest BCUT2D eigenvalue weighted by atomic mass is 19.1. The minimum absolute atomic E-state index is 0.0971. The molecule has 0 spiro atoms. The molecule has 5 rings (SSSR count). The number of hydrogen-bond donors (Lipinski definition) is 0. The van der Waals surface area contributed by atoms with Crippen LogP contribution in [0.5, 0.6) is 0 Å². The highest BCUT2D eigenvalue weighted by molar-refractivity contribution is 5.96. The molecule has 3 aromatic heterocycles. The Hall–Kier alpha value is -3.49. The third-order valence-corrected chi connectivity index (χ3v) is 5.52. The van der Waals surface area contributed by atoms with E-state index < -0.39 is 17.6 Å². The summed E-state index contributed by atoms with van der Waals surface area (Å²) >= 11 is 0. The number of rotatable bonds is 6. The number of fused-ring (bicyclic) bond motifs is 2. The summed E-state index contributed by atoms with van der Waals surface area (Å²) in [7, 11) is 0. The summed E-state index contributed by atoms with van der Waals surface area (Å²) in [6.07, 6.45) is 3.86. The molecule has 9 heteroatoms. The summed E-state index contributed by atoms with van der Waals surface area (Å²) in [6, 6.07) is 7.93. The first-order chi connectivity index (χ1) is 15.0. The third-order valence-electron chi connectivity index (χ3n) is 5.52. The first kappa shape index (κ1) is 19.5. The third kappa shape index (κ3) is 3.60. The van der Waals surface area contributed by atoms with Crippen molar-refractivity contribution in [3.05, 3.63) is 65.2 Å². The van der Waals surface area contributed by atoms with E-state index in [1.807, 2.05) is 0 Å². The molecule has 1 fully saturated rings. The van der Waals surface area contributed by atoms with Crippen molar-refractivity contribution in [2.24, 2.45) is 11.1 Å². The zero-order valence-corrected chi connectivity index (χ0v) is 17.1. The van der Waals surface area contributed by atoms with Gasteiger partial charge in [-0.15, -0.1) is 10.2 Å². The molecule has 0 amide bonds. The zero-order chi connectivity index (χ0) is 21.5. The average Bonchev–Trinajstić information content (AvgIpc) is 3.49. The van der Waals surface area contributed by atoms with Crippen LogP contribution in [0, 0.1) is 17.6 Å². The van der Waals surface area contributed by atoms with E-state index in [-0.39, 0.29) is 16.5 Å². The number of pyridine rings is 1. The van der Waals surface area contributed by atoms with Crippen molar-refractivity contribution in [1.29, 1.82) is 0 Å². The second kappa shape index (κ2) is 7.64. The van der Waals surface area contributed by atoms with Gasteiger partial charge in [0, 0.05) is 29.1 Å². The molecule has 0 bridgehead atoms. The van der Waals surface area contributed by atoms with Crippen LogP contribution in [0.4, 0.5) is 8.78 Å². The molecule has 1 aliphatic carbocycles. The lowest BCUT2D eigenvalue weighted by molar-refractivity contribution is 0.134.